The van der Waals surface area contributed by atoms with Gasteiger partial charge < -0.3 is 0 Å². The number of hydrogen-bond donors (Lipinski definition) is 0. The van der Waals surface area contributed by atoms with Gasteiger partial charge in [0.15, 0.2) is 0 Å². The summed E-state index contributed by atoms with van der Waals surface area (Å²) in [6.07, 6.45) is 7.07. The van der Waals surface area contributed by atoms with E-state index in [1.165, 1.54) is 0 Å². The Morgan fingerprint density at radius 2 is 0.654 bits per heavy atom. The normalized spacial score (nSPS) is 9.15. The summed E-state index contributed by atoms with van der Waals surface area (Å²) >= 11 is 1.82. The first kappa shape index (κ1) is 19.8. The van der Waals surface area contributed by atoms with Crippen molar-refractivity contribution in [3.63, 3.8) is 0 Å². The van der Waals surface area contributed by atoms with E-state index in [9.17, 15) is 0 Å². The van der Waals surface area contributed by atoms with Gasteiger partial charge in [-0.25, -0.2) is 0 Å². The summed E-state index contributed by atoms with van der Waals surface area (Å²) in [7, 11) is 4.57. The summed E-state index contributed by atoms with van der Waals surface area (Å²) in [5.74, 6) is 0. The van der Waals surface area contributed by atoms with E-state index in [0.29, 0.717) is 0 Å². The molecule has 0 amide bonds. The minimum atomic E-state index is 0.915. The predicted molar refractivity (Wildman–Crippen MR) is 101 cm³/mol. The van der Waals surface area contributed by atoms with Crippen LogP contribution in [0.5, 0.6) is 0 Å². The smallest absolute Gasteiger partial charge is 0.0886 e. The van der Waals surface area contributed by atoms with Crippen molar-refractivity contribution in [1.82, 2.24) is 19.9 Å². The Kier molecular flexibility index (Phi) is 9.13. The maximum absolute atomic E-state index is 4.57. The zero-order valence-corrected chi connectivity index (χ0v) is 16.3. The zero-order valence-electron chi connectivity index (χ0n) is 13.8. The molecule has 0 spiro atoms. The second-order valence-electron chi connectivity index (χ2n) is 4.86. The number of rotatable bonds is 2. The van der Waals surface area contributed by atoms with Crippen molar-refractivity contribution >= 4 is 9.69 Å². The van der Waals surface area contributed by atoms with E-state index in [0.717, 1.165) is 22.8 Å². The summed E-state index contributed by atoms with van der Waals surface area (Å²) in [5.41, 5.74) is 3.66. The second kappa shape index (κ2) is 12.0. The summed E-state index contributed by atoms with van der Waals surface area (Å²) in [6, 6.07) is 23.2. The van der Waals surface area contributed by atoms with Gasteiger partial charge in [0, 0.05) is 24.8 Å². The van der Waals surface area contributed by atoms with Crippen LogP contribution in [-0.4, -0.2) is 19.9 Å². The van der Waals surface area contributed by atoms with Gasteiger partial charge in [-0.05, 0) is 48.5 Å². The number of pyridine rings is 4. The molecule has 4 rings (SSSR count). The first-order chi connectivity index (χ1) is 12.9. The Morgan fingerprint density at radius 3 is 0.808 bits per heavy atom. The summed E-state index contributed by atoms with van der Waals surface area (Å²) in [5, 5.41) is 0. The van der Waals surface area contributed by atoms with Crippen LogP contribution in [0.1, 0.15) is 0 Å². The fourth-order valence-corrected chi connectivity index (χ4v) is 2.06. The van der Waals surface area contributed by atoms with Crippen molar-refractivity contribution in [2.24, 2.45) is 0 Å². The molecular formula is C20H16ClN4Ru. The predicted octanol–water partition coefficient (Wildman–Crippen LogP) is 4.97. The standard InChI is InChI=1S/2C10H8N2.ClH.Ru/c2*1-3-7-11-9(5-1)10-6-2-4-8-12-10;;/h2*1-8H;1H;/q;;;+1/p-1. The monoisotopic (exact) mass is 449 g/mol. The molecule has 0 aliphatic rings. The Morgan fingerprint density at radius 1 is 0.423 bits per heavy atom. The first-order valence-electron chi connectivity index (χ1n) is 7.72. The molecule has 131 valence electrons. The SMILES string of the molecule is [Cl][Ru].c1ccc(-c2ccccn2)nc1.c1ccc(-c2ccccn2)nc1. The van der Waals surface area contributed by atoms with Crippen LogP contribution in [0.2, 0.25) is 0 Å². The van der Waals surface area contributed by atoms with Crippen molar-refractivity contribution in [3.8, 4) is 22.8 Å². The molecule has 4 heterocycles. The fraction of sp³-hybridized carbons (Fsp3) is 0. The van der Waals surface area contributed by atoms with E-state index in [4.69, 9.17) is 0 Å². The Labute approximate surface area is 167 Å². The molecule has 0 radical (unpaired) electrons. The van der Waals surface area contributed by atoms with E-state index in [1.54, 1.807) is 24.8 Å². The molecule has 4 aromatic heterocycles. The molecule has 0 atom stereocenters. The van der Waals surface area contributed by atoms with Crippen molar-refractivity contribution in [2.45, 2.75) is 0 Å². The molecule has 0 saturated heterocycles. The van der Waals surface area contributed by atoms with Crippen molar-refractivity contribution in [3.05, 3.63) is 97.6 Å². The van der Waals surface area contributed by atoms with Crippen molar-refractivity contribution in [2.75, 3.05) is 0 Å². The third-order valence-corrected chi connectivity index (χ3v) is 3.18. The van der Waals surface area contributed by atoms with E-state index in [2.05, 4.69) is 29.6 Å². The van der Waals surface area contributed by atoms with Gasteiger partial charge in [0.2, 0.25) is 0 Å². The van der Waals surface area contributed by atoms with E-state index in [-0.39, 0.29) is 0 Å². The minimum absolute atomic E-state index is 0.915. The van der Waals surface area contributed by atoms with Gasteiger partial charge in [-0.3, -0.25) is 19.9 Å². The third kappa shape index (κ3) is 6.43. The maximum Gasteiger partial charge on any atom is 0.0886 e. The zero-order chi connectivity index (χ0) is 18.5. The van der Waals surface area contributed by atoms with Gasteiger partial charge in [-0.2, -0.15) is 0 Å². The third-order valence-electron chi connectivity index (χ3n) is 3.18. The van der Waals surface area contributed by atoms with E-state index < -0.39 is 0 Å². The fourth-order valence-electron chi connectivity index (χ4n) is 2.06. The summed E-state index contributed by atoms with van der Waals surface area (Å²) in [6.45, 7) is 0. The van der Waals surface area contributed by atoms with Gasteiger partial charge in [0.25, 0.3) is 0 Å². The minimum Gasteiger partial charge on any atom is -0.255 e. The van der Waals surface area contributed by atoms with Gasteiger partial charge >= 0.3 is 27.0 Å². The molecule has 0 fully saturated rings. The van der Waals surface area contributed by atoms with Crippen LogP contribution in [0.25, 0.3) is 22.8 Å². The van der Waals surface area contributed by atoms with Crippen LogP contribution >= 0.6 is 9.69 Å². The van der Waals surface area contributed by atoms with Crippen LogP contribution in [0, 0.1) is 0 Å². The molecule has 0 saturated carbocycles. The molecule has 0 N–H and O–H groups in total. The van der Waals surface area contributed by atoms with Crippen molar-refractivity contribution in [1.29, 1.82) is 0 Å². The molecule has 0 aromatic carbocycles. The molecule has 0 aliphatic heterocycles. The van der Waals surface area contributed by atoms with Crippen LogP contribution in [-0.2, 0) is 17.3 Å². The van der Waals surface area contributed by atoms with Crippen LogP contribution < -0.4 is 0 Å². The van der Waals surface area contributed by atoms with Crippen LogP contribution in [0.4, 0.5) is 0 Å². The van der Waals surface area contributed by atoms with E-state index >= 15 is 0 Å². The van der Waals surface area contributed by atoms with Crippen LogP contribution in [0.3, 0.4) is 0 Å². The molecule has 6 heteroatoms. The molecule has 4 nitrogen and oxygen atoms in total. The quantitative estimate of drug-likeness (QED) is 0.406. The second-order valence-corrected chi connectivity index (χ2v) is 4.86. The summed E-state index contributed by atoms with van der Waals surface area (Å²) < 4.78 is 0. The Bertz CT molecular complexity index is 698. The van der Waals surface area contributed by atoms with Crippen molar-refractivity contribution < 1.29 is 17.3 Å². The molecular weight excluding hydrogens is 433 g/mol. The molecule has 4 aromatic rings. The number of hydrogen-bond acceptors (Lipinski definition) is 4. The van der Waals surface area contributed by atoms with Crippen LogP contribution in [0.15, 0.2) is 97.6 Å². The maximum atomic E-state index is 4.57. The van der Waals surface area contributed by atoms with Gasteiger partial charge in [0.1, 0.15) is 0 Å². The number of halogens is 1. The Hall–Kier alpha value is -2.49. The van der Waals surface area contributed by atoms with Gasteiger partial charge in [-0.15, -0.1) is 0 Å². The molecule has 0 aliphatic carbocycles. The van der Waals surface area contributed by atoms with Gasteiger partial charge in [-0.1, -0.05) is 24.3 Å². The van der Waals surface area contributed by atoms with E-state index in [1.807, 2.05) is 90.1 Å². The average Bonchev–Trinajstić information content (AvgIpc) is 2.78. The Balaban J connectivity index is 0.000000171. The largest absolute Gasteiger partial charge is 0.255 e. The summed E-state index contributed by atoms with van der Waals surface area (Å²) in [4.78, 5) is 16.7. The average molecular weight is 449 g/mol. The molecule has 0 unspecified atom stereocenters. The number of aromatic nitrogens is 4. The first-order valence-corrected chi connectivity index (χ1v) is 9.95. The molecule has 0 bridgehead atoms. The van der Waals surface area contributed by atoms with Gasteiger partial charge in [0.05, 0.1) is 22.8 Å². The molecule has 26 heavy (non-hydrogen) atoms. The topological polar surface area (TPSA) is 51.6 Å². The number of nitrogens with zero attached hydrogens (tertiary/aromatic N) is 4.